The molecule has 0 bridgehead atoms. The summed E-state index contributed by atoms with van der Waals surface area (Å²) in [6, 6.07) is 16.8. The van der Waals surface area contributed by atoms with Crippen molar-refractivity contribution >= 4 is 72.0 Å². The summed E-state index contributed by atoms with van der Waals surface area (Å²) in [6.07, 6.45) is 1.02. The summed E-state index contributed by atoms with van der Waals surface area (Å²) in [5, 5.41) is 3.56. The molecule has 5 aromatic rings. The lowest BCUT2D eigenvalue weighted by Crippen LogP contribution is -2.01. The number of esters is 1. The number of fused-ring (bicyclic) bond motifs is 2. The van der Waals surface area contributed by atoms with Gasteiger partial charge in [-0.3, -0.25) is 0 Å². The molecule has 0 N–H and O–H groups in total. The molecule has 35 heavy (non-hydrogen) atoms. The highest BCUT2D eigenvalue weighted by Crippen LogP contribution is 2.42. The number of thiophene rings is 2. The molecule has 2 aromatic heterocycles. The van der Waals surface area contributed by atoms with Crippen LogP contribution in [0.3, 0.4) is 0 Å². The molecule has 0 aliphatic carbocycles. The van der Waals surface area contributed by atoms with Crippen LogP contribution in [0.5, 0.6) is 0 Å². The molecule has 0 fully saturated rings. The molecule has 0 radical (unpaired) electrons. The summed E-state index contributed by atoms with van der Waals surface area (Å²) in [7, 11) is 0. The maximum Gasteiger partial charge on any atom is 0.348 e. The monoisotopic (exact) mass is 538 g/mol. The molecule has 0 amide bonds. The van der Waals surface area contributed by atoms with E-state index in [4.69, 9.17) is 27.9 Å². The van der Waals surface area contributed by atoms with Crippen LogP contribution in [0.1, 0.15) is 39.5 Å². The number of hydrogen-bond acceptors (Lipinski definition) is 4. The van der Waals surface area contributed by atoms with Crippen LogP contribution in [0.2, 0.25) is 10.0 Å². The SMILES string of the molecule is CCOC(=O)c1cc2cc(Cl)c(-c3cc(C)c(-c4cc5sc(CC)cc5cc4Cl)cc3C)cc2s1. The van der Waals surface area contributed by atoms with E-state index in [1.807, 2.05) is 30.4 Å². The second-order valence-electron chi connectivity index (χ2n) is 8.62. The van der Waals surface area contributed by atoms with Crippen molar-refractivity contribution in [2.75, 3.05) is 6.61 Å². The third kappa shape index (κ3) is 4.49. The Labute approximate surface area is 223 Å². The fourth-order valence-corrected chi connectivity index (χ4v) is 7.01. The number of benzene rings is 3. The molecular formula is C29H24Cl2O2S2. The first-order valence-corrected chi connectivity index (χ1v) is 13.9. The summed E-state index contributed by atoms with van der Waals surface area (Å²) < 4.78 is 7.43. The van der Waals surface area contributed by atoms with Crippen LogP contribution in [0.25, 0.3) is 42.4 Å². The first-order valence-electron chi connectivity index (χ1n) is 11.5. The molecule has 0 saturated carbocycles. The predicted octanol–water partition coefficient (Wildman–Crippen LogP) is 10.1. The van der Waals surface area contributed by atoms with Gasteiger partial charge in [-0.05, 0) is 96.6 Å². The van der Waals surface area contributed by atoms with E-state index in [1.165, 1.54) is 26.3 Å². The minimum Gasteiger partial charge on any atom is -0.462 e. The Morgan fingerprint density at radius 2 is 1.29 bits per heavy atom. The minimum atomic E-state index is -0.298. The lowest BCUT2D eigenvalue weighted by molar-refractivity contribution is 0.0532. The normalized spacial score (nSPS) is 11.5. The molecule has 5 rings (SSSR count). The molecular weight excluding hydrogens is 515 g/mol. The second-order valence-corrected chi connectivity index (χ2v) is 11.7. The van der Waals surface area contributed by atoms with Gasteiger partial charge in [0.05, 0.1) is 6.61 Å². The van der Waals surface area contributed by atoms with E-state index in [0.29, 0.717) is 16.5 Å². The van der Waals surface area contributed by atoms with Crippen LogP contribution < -0.4 is 0 Å². The standard InChI is InChI=1S/C29H24Cl2O2S2/c1-5-19-9-17-10-24(30)22(13-26(17)34-19)20-7-16(4)21(8-15(20)3)23-14-27-18(11-25(23)31)12-28(35-27)29(32)33-6-2/h7-14H,5-6H2,1-4H3. The van der Waals surface area contributed by atoms with Crippen LogP contribution in [0.15, 0.2) is 48.5 Å². The molecule has 0 aliphatic heterocycles. The van der Waals surface area contributed by atoms with Gasteiger partial charge in [-0.15, -0.1) is 22.7 Å². The maximum atomic E-state index is 12.2. The molecule has 178 valence electrons. The number of rotatable bonds is 5. The van der Waals surface area contributed by atoms with Crippen molar-refractivity contribution < 1.29 is 9.53 Å². The van der Waals surface area contributed by atoms with E-state index in [1.54, 1.807) is 0 Å². The molecule has 0 unspecified atom stereocenters. The topological polar surface area (TPSA) is 26.3 Å². The molecule has 0 spiro atoms. The Kier molecular flexibility index (Phi) is 6.67. The molecule has 0 saturated heterocycles. The summed E-state index contributed by atoms with van der Waals surface area (Å²) in [6.45, 7) is 8.55. The van der Waals surface area contributed by atoms with Gasteiger partial charge < -0.3 is 4.74 Å². The van der Waals surface area contributed by atoms with Crippen LogP contribution in [-0.4, -0.2) is 12.6 Å². The zero-order valence-electron chi connectivity index (χ0n) is 19.9. The molecule has 0 aliphatic rings. The second kappa shape index (κ2) is 9.59. The average Bonchev–Trinajstić information content (AvgIpc) is 3.42. The molecule has 0 atom stereocenters. The molecule has 6 heteroatoms. The number of ether oxygens (including phenoxy) is 1. The fraction of sp³-hybridized carbons (Fsp3) is 0.207. The van der Waals surface area contributed by atoms with Crippen molar-refractivity contribution in [3.05, 3.63) is 79.5 Å². The summed E-state index contributed by atoms with van der Waals surface area (Å²) in [5.41, 5.74) is 6.46. The van der Waals surface area contributed by atoms with Gasteiger partial charge in [0.1, 0.15) is 4.88 Å². The van der Waals surface area contributed by atoms with Gasteiger partial charge >= 0.3 is 5.97 Å². The number of aryl methyl sites for hydroxylation is 3. The maximum absolute atomic E-state index is 12.2. The van der Waals surface area contributed by atoms with Crippen molar-refractivity contribution in [1.82, 2.24) is 0 Å². The lowest BCUT2D eigenvalue weighted by atomic mass is 9.91. The van der Waals surface area contributed by atoms with Crippen LogP contribution in [0.4, 0.5) is 0 Å². The van der Waals surface area contributed by atoms with Crippen molar-refractivity contribution in [3.8, 4) is 22.3 Å². The van der Waals surface area contributed by atoms with Crippen molar-refractivity contribution in [3.63, 3.8) is 0 Å². The Bertz CT molecular complexity index is 1610. The predicted molar refractivity (Wildman–Crippen MR) is 153 cm³/mol. The zero-order valence-corrected chi connectivity index (χ0v) is 23.1. The Balaban J connectivity index is 1.59. The van der Waals surface area contributed by atoms with Gasteiger partial charge in [0.25, 0.3) is 0 Å². The number of halogens is 2. The Hall–Kier alpha value is -2.37. The lowest BCUT2D eigenvalue weighted by Gasteiger charge is -2.15. The van der Waals surface area contributed by atoms with E-state index in [-0.39, 0.29) is 5.97 Å². The Morgan fingerprint density at radius 3 is 1.83 bits per heavy atom. The summed E-state index contributed by atoms with van der Waals surface area (Å²) >= 11 is 16.8. The van der Waals surface area contributed by atoms with Crippen molar-refractivity contribution in [2.45, 2.75) is 34.1 Å². The molecule has 3 aromatic carbocycles. The van der Waals surface area contributed by atoms with Crippen LogP contribution >= 0.6 is 45.9 Å². The zero-order chi connectivity index (χ0) is 24.9. The van der Waals surface area contributed by atoms with Crippen molar-refractivity contribution in [2.24, 2.45) is 0 Å². The van der Waals surface area contributed by atoms with E-state index >= 15 is 0 Å². The number of carbonyl (C=O) groups is 1. The van der Waals surface area contributed by atoms with E-state index < -0.39 is 0 Å². The fourth-order valence-electron chi connectivity index (χ4n) is 4.46. The molecule has 2 nitrogen and oxygen atoms in total. The van der Waals surface area contributed by atoms with Gasteiger partial charge in [0.15, 0.2) is 0 Å². The molecule has 2 heterocycles. The summed E-state index contributed by atoms with van der Waals surface area (Å²) in [4.78, 5) is 14.1. The van der Waals surface area contributed by atoms with Gasteiger partial charge in [0.2, 0.25) is 0 Å². The van der Waals surface area contributed by atoms with E-state index in [2.05, 4.69) is 57.2 Å². The smallest absolute Gasteiger partial charge is 0.348 e. The highest BCUT2D eigenvalue weighted by molar-refractivity contribution is 7.20. The quantitative estimate of drug-likeness (QED) is 0.208. The third-order valence-electron chi connectivity index (χ3n) is 6.24. The van der Waals surface area contributed by atoms with E-state index in [0.717, 1.165) is 54.9 Å². The summed E-state index contributed by atoms with van der Waals surface area (Å²) in [5.74, 6) is -0.298. The first-order chi connectivity index (χ1) is 16.8. The third-order valence-corrected chi connectivity index (χ3v) is 9.19. The van der Waals surface area contributed by atoms with Gasteiger partial charge in [-0.25, -0.2) is 4.79 Å². The highest BCUT2D eigenvalue weighted by atomic mass is 35.5. The first kappa shape index (κ1) is 24.3. The highest BCUT2D eigenvalue weighted by Gasteiger charge is 2.17. The number of carbonyl (C=O) groups excluding carboxylic acids is 1. The minimum absolute atomic E-state index is 0.298. The largest absolute Gasteiger partial charge is 0.462 e. The van der Waals surface area contributed by atoms with Gasteiger partial charge in [-0.2, -0.15) is 0 Å². The Morgan fingerprint density at radius 1 is 0.743 bits per heavy atom. The average molecular weight is 540 g/mol. The van der Waals surface area contributed by atoms with Crippen LogP contribution in [0, 0.1) is 13.8 Å². The van der Waals surface area contributed by atoms with Gasteiger partial charge in [0, 0.05) is 35.4 Å². The van der Waals surface area contributed by atoms with E-state index in [9.17, 15) is 4.79 Å². The van der Waals surface area contributed by atoms with Gasteiger partial charge in [-0.1, -0.05) is 42.3 Å². The van der Waals surface area contributed by atoms with Crippen LogP contribution in [-0.2, 0) is 11.2 Å². The van der Waals surface area contributed by atoms with Crippen molar-refractivity contribution in [1.29, 1.82) is 0 Å². The number of hydrogen-bond donors (Lipinski definition) is 0.